The summed E-state index contributed by atoms with van der Waals surface area (Å²) in [7, 11) is 2.96. The molecule has 1 amide bonds. The summed E-state index contributed by atoms with van der Waals surface area (Å²) in [6.07, 6.45) is 0.531. The van der Waals surface area contributed by atoms with Crippen molar-refractivity contribution in [2.24, 2.45) is 0 Å². The molecule has 3 rings (SSSR count). The van der Waals surface area contributed by atoms with Crippen molar-refractivity contribution in [3.63, 3.8) is 0 Å². The maximum absolute atomic E-state index is 13.1. The lowest BCUT2D eigenvalue weighted by Crippen LogP contribution is -2.28. The minimum atomic E-state index is -0.539. The average Bonchev–Trinajstić information content (AvgIpc) is 3.19. The van der Waals surface area contributed by atoms with Gasteiger partial charge < -0.3 is 19.4 Å². The van der Waals surface area contributed by atoms with Crippen LogP contribution >= 0.6 is 11.3 Å². The van der Waals surface area contributed by atoms with Gasteiger partial charge in [-0.3, -0.25) is 4.79 Å². The van der Waals surface area contributed by atoms with E-state index < -0.39 is 12.0 Å². The van der Waals surface area contributed by atoms with Crippen LogP contribution in [-0.2, 0) is 9.53 Å². The van der Waals surface area contributed by atoms with E-state index in [9.17, 15) is 9.59 Å². The molecule has 0 saturated carbocycles. The van der Waals surface area contributed by atoms with E-state index in [4.69, 9.17) is 9.47 Å². The lowest BCUT2D eigenvalue weighted by atomic mass is 10.1. The molecule has 2 aromatic heterocycles. The number of nitrogens with zero attached hydrogens (tertiary/aromatic N) is 1. The Balaban J connectivity index is 1.99. The Labute approximate surface area is 168 Å². The van der Waals surface area contributed by atoms with Crippen molar-refractivity contribution in [1.29, 1.82) is 0 Å². The van der Waals surface area contributed by atoms with Gasteiger partial charge in [0.1, 0.15) is 17.5 Å². The Hall–Kier alpha value is -2.80. The molecular weight excluding hydrogens is 376 g/mol. The van der Waals surface area contributed by atoms with Gasteiger partial charge in [-0.2, -0.15) is 0 Å². The zero-order chi connectivity index (χ0) is 20.4. The normalized spacial score (nSPS) is 12.0. The SMILES string of the molecule is CCC(C(=O)Nc1ccc(OC)c(C)c1)n1c(C(=O)OC)cc2sc(C)cc21. The second-order valence-corrected chi connectivity index (χ2v) is 7.88. The summed E-state index contributed by atoms with van der Waals surface area (Å²) in [4.78, 5) is 26.6. The summed E-state index contributed by atoms with van der Waals surface area (Å²) in [5, 5.41) is 2.96. The lowest BCUT2D eigenvalue weighted by Gasteiger charge is -2.20. The highest BCUT2D eigenvalue weighted by Gasteiger charge is 2.27. The van der Waals surface area contributed by atoms with Crippen LogP contribution in [0.1, 0.15) is 40.3 Å². The molecule has 1 atom stereocenters. The number of amides is 1. The predicted octanol–water partition coefficient (Wildman–Crippen LogP) is 4.70. The second-order valence-electron chi connectivity index (χ2n) is 6.60. The molecule has 0 radical (unpaired) electrons. The van der Waals surface area contributed by atoms with Crippen molar-refractivity contribution in [2.45, 2.75) is 33.2 Å². The summed E-state index contributed by atoms with van der Waals surface area (Å²) in [5.74, 6) is 0.130. The van der Waals surface area contributed by atoms with Gasteiger partial charge in [-0.1, -0.05) is 6.92 Å². The number of methoxy groups -OCH3 is 2. The first-order chi connectivity index (χ1) is 13.4. The minimum Gasteiger partial charge on any atom is -0.496 e. The molecular formula is C21H24N2O4S. The van der Waals surface area contributed by atoms with E-state index in [1.165, 1.54) is 7.11 Å². The predicted molar refractivity (Wildman–Crippen MR) is 112 cm³/mol. The fraction of sp³-hybridized carbons (Fsp3) is 0.333. The van der Waals surface area contributed by atoms with Crippen molar-refractivity contribution < 1.29 is 19.1 Å². The van der Waals surface area contributed by atoms with Crippen LogP contribution in [0, 0.1) is 13.8 Å². The van der Waals surface area contributed by atoms with Crippen LogP contribution in [0.25, 0.3) is 10.2 Å². The molecule has 1 N–H and O–H groups in total. The number of esters is 1. The molecule has 7 heteroatoms. The van der Waals surface area contributed by atoms with Crippen LogP contribution in [0.15, 0.2) is 30.3 Å². The molecule has 0 spiro atoms. The van der Waals surface area contributed by atoms with Crippen molar-refractivity contribution >= 4 is 39.1 Å². The van der Waals surface area contributed by atoms with E-state index in [0.29, 0.717) is 17.8 Å². The molecule has 0 fully saturated rings. The van der Waals surface area contributed by atoms with Gasteiger partial charge in [-0.25, -0.2) is 4.79 Å². The van der Waals surface area contributed by atoms with Crippen molar-refractivity contribution in [2.75, 3.05) is 19.5 Å². The number of benzene rings is 1. The van der Waals surface area contributed by atoms with Gasteiger partial charge in [0.05, 0.1) is 24.4 Å². The van der Waals surface area contributed by atoms with Gasteiger partial charge in [0.2, 0.25) is 5.91 Å². The molecule has 3 aromatic rings. The molecule has 0 aliphatic carbocycles. The fourth-order valence-corrected chi connectivity index (χ4v) is 4.35. The molecule has 2 heterocycles. The molecule has 148 valence electrons. The smallest absolute Gasteiger partial charge is 0.354 e. The molecule has 1 unspecified atom stereocenters. The summed E-state index contributed by atoms with van der Waals surface area (Å²) in [6, 6.07) is 8.75. The van der Waals surface area contributed by atoms with Crippen molar-refractivity contribution in [3.05, 3.63) is 46.5 Å². The van der Waals surface area contributed by atoms with Gasteiger partial charge in [-0.15, -0.1) is 11.3 Å². The van der Waals surface area contributed by atoms with Crippen LogP contribution in [0.3, 0.4) is 0 Å². The highest BCUT2D eigenvalue weighted by Crippen LogP contribution is 2.33. The van der Waals surface area contributed by atoms with Crippen LogP contribution in [0.2, 0.25) is 0 Å². The number of hydrogen-bond donors (Lipinski definition) is 1. The number of aryl methyl sites for hydroxylation is 2. The zero-order valence-corrected chi connectivity index (χ0v) is 17.5. The quantitative estimate of drug-likeness (QED) is 0.609. The number of ether oxygens (including phenoxy) is 2. The van der Waals surface area contributed by atoms with E-state index in [0.717, 1.165) is 26.4 Å². The summed E-state index contributed by atoms with van der Waals surface area (Å²) in [6.45, 7) is 5.86. The number of aromatic nitrogens is 1. The van der Waals surface area contributed by atoms with Crippen molar-refractivity contribution in [3.8, 4) is 5.75 Å². The largest absolute Gasteiger partial charge is 0.496 e. The third-order valence-corrected chi connectivity index (χ3v) is 5.69. The van der Waals surface area contributed by atoms with Gasteiger partial charge in [0.15, 0.2) is 0 Å². The first kappa shape index (κ1) is 19.9. The minimum absolute atomic E-state index is 0.182. The maximum Gasteiger partial charge on any atom is 0.354 e. The van der Waals surface area contributed by atoms with Crippen LogP contribution < -0.4 is 10.1 Å². The third-order valence-electron chi connectivity index (χ3n) is 4.71. The number of fused-ring (bicyclic) bond motifs is 1. The highest BCUT2D eigenvalue weighted by molar-refractivity contribution is 7.19. The zero-order valence-electron chi connectivity index (χ0n) is 16.7. The average molecular weight is 401 g/mol. The maximum atomic E-state index is 13.1. The number of nitrogens with one attached hydrogen (secondary N) is 1. The van der Waals surface area contributed by atoms with Crippen LogP contribution in [0.4, 0.5) is 5.69 Å². The standard InChI is InChI=1S/C21H24N2O4S/c1-6-15(20(24)22-14-7-8-18(26-4)12(2)9-14)23-16-10-13(3)28-19(16)11-17(23)21(25)27-5/h7-11,15H,6H2,1-5H3,(H,22,24). The van der Waals surface area contributed by atoms with E-state index in [-0.39, 0.29) is 5.91 Å². The van der Waals surface area contributed by atoms with Gasteiger partial charge >= 0.3 is 5.97 Å². The lowest BCUT2D eigenvalue weighted by molar-refractivity contribution is -0.119. The Morgan fingerprint density at radius 3 is 2.54 bits per heavy atom. The Morgan fingerprint density at radius 1 is 1.18 bits per heavy atom. The van der Waals surface area contributed by atoms with Gasteiger partial charge in [-0.05, 0) is 56.2 Å². The molecule has 0 bridgehead atoms. The molecule has 0 saturated heterocycles. The van der Waals surface area contributed by atoms with Crippen LogP contribution in [-0.4, -0.2) is 30.7 Å². The number of thiophene rings is 1. The number of hydrogen-bond acceptors (Lipinski definition) is 5. The monoisotopic (exact) mass is 400 g/mol. The molecule has 1 aromatic carbocycles. The molecule has 6 nitrogen and oxygen atoms in total. The van der Waals surface area contributed by atoms with E-state index in [2.05, 4.69) is 5.32 Å². The van der Waals surface area contributed by atoms with Gasteiger partial charge in [0, 0.05) is 10.6 Å². The molecule has 28 heavy (non-hydrogen) atoms. The Bertz CT molecular complexity index is 1030. The first-order valence-corrected chi connectivity index (χ1v) is 9.86. The highest BCUT2D eigenvalue weighted by atomic mass is 32.1. The van der Waals surface area contributed by atoms with E-state index in [1.54, 1.807) is 35.1 Å². The van der Waals surface area contributed by atoms with Crippen LogP contribution in [0.5, 0.6) is 5.75 Å². The number of anilines is 1. The summed E-state index contributed by atoms with van der Waals surface area (Å²) in [5.41, 5.74) is 2.87. The van der Waals surface area contributed by atoms with Crippen molar-refractivity contribution in [1.82, 2.24) is 4.57 Å². The van der Waals surface area contributed by atoms with E-state index in [1.807, 2.05) is 39.0 Å². The molecule has 0 aliphatic rings. The summed E-state index contributed by atoms with van der Waals surface area (Å²) >= 11 is 1.59. The first-order valence-electron chi connectivity index (χ1n) is 9.04. The Kier molecular flexibility index (Phi) is 5.74. The second kappa shape index (κ2) is 8.06. The molecule has 0 aliphatic heterocycles. The number of rotatable bonds is 6. The van der Waals surface area contributed by atoms with Gasteiger partial charge in [0.25, 0.3) is 0 Å². The third kappa shape index (κ3) is 3.62. The topological polar surface area (TPSA) is 69.6 Å². The fourth-order valence-electron chi connectivity index (χ4n) is 3.40. The number of carbonyl (C=O) groups is 2. The summed E-state index contributed by atoms with van der Waals surface area (Å²) < 4.78 is 13.0. The Morgan fingerprint density at radius 2 is 1.93 bits per heavy atom. The van der Waals surface area contributed by atoms with E-state index >= 15 is 0 Å². The number of carbonyl (C=O) groups excluding carboxylic acids is 2.